The van der Waals surface area contributed by atoms with E-state index in [-0.39, 0.29) is 11.9 Å². The Balaban J connectivity index is 1.53. The molecule has 1 atom stereocenters. The smallest absolute Gasteiger partial charge is 0.252 e. The zero-order valence-corrected chi connectivity index (χ0v) is 18.2. The van der Waals surface area contributed by atoms with Gasteiger partial charge < -0.3 is 5.32 Å². The molecule has 4 aromatic rings. The first-order valence-electron chi connectivity index (χ1n) is 10.5. The lowest BCUT2D eigenvalue weighted by Crippen LogP contribution is -2.29. The van der Waals surface area contributed by atoms with Crippen LogP contribution < -0.4 is 5.32 Å². The van der Waals surface area contributed by atoms with E-state index in [1.807, 2.05) is 66.2 Å². The van der Waals surface area contributed by atoms with Crippen molar-refractivity contribution >= 4 is 5.91 Å². The van der Waals surface area contributed by atoms with Crippen LogP contribution in [-0.4, -0.2) is 15.7 Å². The summed E-state index contributed by atoms with van der Waals surface area (Å²) in [6.45, 7) is 6.80. The second-order valence-electron chi connectivity index (χ2n) is 8.01. The summed E-state index contributed by atoms with van der Waals surface area (Å²) < 4.78 is 1.98. The highest BCUT2D eigenvalue weighted by atomic mass is 16.1. The van der Waals surface area contributed by atoms with Crippen molar-refractivity contribution in [3.8, 4) is 0 Å². The second kappa shape index (κ2) is 9.00. The van der Waals surface area contributed by atoms with Crippen molar-refractivity contribution in [3.63, 3.8) is 0 Å². The Hall–Kier alpha value is -3.66. The normalized spacial score (nSPS) is 11.8. The van der Waals surface area contributed by atoms with E-state index in [1.165, 1.54) is 5.56 Å². The Bertz CT molecular complexity index is 1160. The number of aromatic nitrogens is 2. The Morgan fingerprint density at radius 1 is 0.871 bits per heavy atom. The lowest BCUT2D eigenvalue weighted by atomic mass is 9.97. The average molecular weight is 410 g/mol. The third-order valence-electron chi connectivity index (χ3n) is 5.47. The van der Waals surface area contributed by atoms with E-state index in [9.17, 15) is 4.79 Å². The van der Waals surface area contributed by atoms with E-state index in [2.05, 4.69) is 54.6 Å². The molecule has 0 radical (unpaired) electrons. The van der Waals surface area contributed by atoms with Crippen molar-refractivity contribution in [3.05, 3.63) is 124 Å². The maximum Gasteiger partial charge on any atom is 0.252 e. The van der Waals surface area contributed by atoms with Gasteiger partial charge in [-0.05, 0) is 55.7 Å². The fourth-order valence-corrected chi connectivity index (χ4v) is 3.75. The average Bonchev–Trinajstić information content (AvgIpc) is 3.10. The summed E-state index contributed by atoms with van der Waals surface area (Å²) in [5.41, 5.74) is 7.21. The number of carbonyl (C=O) groups excluding carboxylic acids is 1. The zero-order chi connectivity index (χ0) is 21.8. The summed E-state index contributed by atoms with van der Waals surface area (Å²) in [5.74, 6) is -0.0907. The minimum absolute atomic E-state index is 0.0907. The molecule has 1 heterocycles. The Kier molecular flexibility index (Phi) is 5.99. The number of rotatable bonds is 6. The number of hydrogen-bond acceptors (Lipinski definition) is 2. The first kappa shape index (κ1) is 20.6. The molecule has 0 aliphatic heterocycles. The molecule has 1 aromatic heterocycles. The minimum Gasteiger partial charge on any atom is -0.341 e. The van der Waals surface area contributed by atoms with Gasteiger partial charge in [-0.1, -0.05) is 72.3 Å². The molecule has 3 aromatic carbocycles. The molecule has 156 valence electrons. The van der Waals surface area contributed by atoms with Gasteiger partial charge in [-0.15, -0.1) is 0 Å². The topological polar surface area (TPSA) is 46.9 Å². The molecule has 0 spiro atoms. The molecular formula is C27H27N3O. The quantitative estimate of drug-likeness (QED) is 0.465. The van der Waals surface area contributed by atoms with Gasteiger partial charge >= 0.3 is 0 Å². The van der Waals surface area contributed by atoms with Gasteiger partial charge in [0.25, 0.3) is 5.91 Å². The fourth-order valence-electron chi connectivity index (χ4n) is 3.75. The van der Waals surface area contributed by atoms with Crippen molar-refractivity contribution in [1.82, 2.24) is 15.1 Å². The standard InChI is InChI=1S/C27H27N3O/c1-19-9-13-24(14-10-19)26(23-7-5-4-6-8-23)28-27(31)25-15-11-22(12-16-25)18-30-21(3)17-20(2)29-30/h4-17,26H,18H2,1-3H3,(H,28,31). The van der Waals surface area contributed by atoms with Crippen molar-refractivity contribution in [2.75, 3.05) is 0 Å². The summed E-state index contributed by atoms with van der Waals surface area (Å²) in [7, 11) is 0. The van der Waals surface area contributed by atoms with E-state index < -0.39 is 0 Å². The molecule has 1 unspecified atom stereocenters. The molecule has 1 N–H and O–H groups in total. The van der Waals surface area contributed by atoms with Crippen LogP contribution in [0.4, 0.5) is 0 Å². The van der Waals surface area contributed by atoms with Gasteiger partial charge in [0.2, 0.25) is 0 Å². The molecule has 0 bridgehead atoms. The van der Waals surface area contributed by atoms with Crippen molar-refractivity contribution in [2.45, 2.75) is 33.4 Å². The molecule has 4 nitrogen and oxygen atoms in total. The van der Waals surface area contributed by atoms with Gasteiger partial charge in [-0.25, -0.2) is 0 Å². The molecule has 1 amide bonds. The molecule has 4 heteroatoms. The van der Waals surface area contributed by atoms with Crippen molar-refractivity contribution < 1.29 is 4.79 Å². The molecule has 0 saturated carbocycles. The van der Waals surface area contributed by atoms with Gasteiger partial charge in [0.15, 0.2) is 0 Å². The molecule has 0 aliphatic rings. The lowest BCUT2D eigenvalue weighted by Gasteiger charge is -2.20. The molecule has 0 aliphatic carbocycles. The van der Waals surface area contributed by atoms with Crippen LogP contribution in [0.2, 0.25) is 0 Å². The maximum absolute atomic E-state index is 13.1. The number of hydrogen-bond donors (Lipinski definition) is 1. The van der Waals surface area contributed by atoms with E-state index in [0.29, 0.717) is 12.1 Å². The molecule has 4 rings (SSSR count). The number of amides is 1. The summed E-state index contributed by atoms with van der Waals surface area (Å²) >= 11 is 0. The number of benzene rings is 3. The fraction of sp³-hybridized carbons (Fsp3) is 0.185. The highest BCUT2D eigenvalue weighted by Gasteiger charge is 2.18. The van der Waals surface area contributed by atoms with Crippen LogP contribution in [0.1, 0.15) is 50.0 Å². The third kappa shape index (κ3) is 4.92. The summed E-state index contributed by atoms with van der Waals surface area (Å²) in [4.78, 5) is 13.1. The number of carbonyl (C=O) groups is 1. The first-order chi connectivity index (χ1) is 15.0. The largest absolute Gasteiger partial charge is 0.341 e. The Morgan fingerprint density at radius 3 is 2.13 bits per heavy atom. The summed E-state index contributed by atoms with van der Waals surface area (Å²) in [5, 5.41) is 7.72. The number of nitrogens with one attached hydrogen (secondary N) is 1. The van der Waals surface area contributed by atoms with Crippen LogP contribution in [-0.2, 0) is 6.54 Å². The van der Waals surface area contributed by atoms with Gasteiger partial charge in [0, 0.05) is 11.3 Å². The van der Waals surface area contributed by atoms with Crippen LogP contribution in [0, 0.1) is 20.8 Å². The van der Waals surface area contributed by atoms with Crippen LogP contribution >= 0.6 is 0 Å². The minimum atomic E-state index is -0.205. The first-order valence-corrected chi connectivity index (χ1v) is 10.5. The van der Waals surface area contributed by atoms with Crippen LogP contribution in [0.25, 0.3) is 0 Å². The Morgan fingerprint density at radius 2 is 1.52 bits per heavy atom. The highest BCUT2D eigenvalue weighted by Crippen LogP contribution is 2.23. The molecule has 0 fully saturated rings. The second-order valence-corrected chi connectivity index (χ2v) is 8.01. The van der Waals surface area contributed by atoms with Crippen LogP contribution in [0.15, 0.2) is 84.9 Å². The van der Waals surface area contributed by atoms with Gasteiger partial charge in [0.05, 0.1) is 18.3 Å². The zero-order valence-electron chi connectivity index (χ0n) is 18.2. The predicted octanol–water partition coefficient (Wildman–Crippen LogP) is 5.38. The maximum atomic E-state index is 13.1. The highest BCUT2D eigenvalue weighted by molar-refractivity contribution is 5.94. The lowest BCUT2D eigenvalue weighted by molar-refractivity contribution is 0.0943. The monoisotopic (exact) mass is 409 g/mol. The van der Waals surface area contributed by atoms with E-state index in [0.717, 1.165) is 28.1 Å². The molecule has 0 saturated heterocycles. The van der Waals surface area contributed by atoms with Gasteiger partial charge in [-0.2, -0.15) is 5.10 Å². The van der Waals surface area contributed by atoms with E-state index in [4.69, 9.17) is 0 Å². The molecule has 31 heavy (non-hydrogen) atoms. The van der Waals surface area contributed by atoms with Crippen molar-refractivity contribution in [2.24, 2.45) is 0 Å². The summed E-state index contributed by atoms with van der Waals surface area (Å²) in [6.07, 6.45) is 0. The third-order valence-corrected chi connectivity index (χ3v) is 5.47. The number of aryl methyl sites for hydroxylation is 3. The summed E-state index contributed by atoms with van der Waals surface area (Å²) in [6, 6.07) is 28.0. The molecular weight excluding hydrogens is 382 g/mol. The van der Waals surface area contributed by atoms with Crippen LogP contribution in [0.3, 0.4) is 0 Å². The van der Waals surface area contributed by atoms with Crippen LogP contribution in [0.5, 0.6) is 0 Å². The SMILES string of the molecule is Cc1ccc(C(NC(=O)c2ccc(Cn3nc(C)cc3C)cc2)c2ccccc2)cc1. The van der Waals surface area contributed by atoms with Gasteiger partial charge in [-0.3, -0.25) is 9.48 Å². The van der Waals surface area contributed by atoms with E-state index >= 15 is 0 Å². The predicted molar refractivity (Wildman–Crippen MR) is 124 cm³/mol. The van der Waals surface area contributed by atoms with Crippen molar-refractivity contribution in [1.29, 1.82) is 0 Å². The van der Waals surface area contributed by atoms with E-state index in [1.54, 1.807) is 0 Å². The number of nitrogens with zero attached hydrogens (tertiary/aromatic N) is 2. The van der Waals surface area contributed by atoms with Gasteiger partial charge in [0.1, 0.15) is 0 Å². The Labute approximate surface area is 183 Å².